The molecule has 0 saturated carbocycles. The van der Waals surface area contributed by atoms with Crippen molar-refractivity contribution in [3.63, 3.8) is 0 Å². The average Bonchev–Trinajstić information content (AvgIpc) is 2.28. The monoisotopic (exact) mass is 208 g/mol. The molecule has 0 aliphatic heterocycles. The molecule has 0 aliphatic rings. The van der Waals surface area contributed by atoms with Crippen LogP contribution in [-0.2, 0) is 27.3 Å². The first-order valence-corrected chi connectivity index (χ1v) is 4.99. The molecule has 0 heterocycles. The summed E-state index contributed by atoms with van der Waals surface area (Å²) in [4.78, 5) is 11.1. The van der Waals surface area contributed by atoms with Crippen molar-refractivity contribution in [2.45, 2.75) is 20.0 Å². The first-order chi connectivity index (χ1) is 7.27. The van der Waals surface area contributed by atoms with Crippen LogP contribution < -0.4 is 0 Å². The summed E-state index contributed by atoms with van der Waals surface area (Å²) >= 11 is 0. The summed E-state index contributed by atoms with van der Waals surface area (Å²) in [6, 6.07) is 7.74. The Bertz CT molecular complexity index is 320. The van der Waals surface area contributed by atoms with Crippen molar-refractivity contribution in [2.24, 2.45) is 0 Å². The molecular formula is C12H16O3. The third-order valence-corrected chi connectivity index (χ3v) is 2.14. The molecule has 82 valence electrons. The Morgan fingerprint density at radius 3 is 2.53 bits per heavy atom. The Labute approximate surface area is 90.0 Å². The summed E-state index contributed by atoms with van der Waals surface area (Å²) in [7, 11) is 1.40. The molecule has 0 N–H and O–H groups in total. The lowest BCUT2D eigenvalue weighted by atomic mass is 10.1. The lowest BCUT2D eigenvalue weighted by Gasteiger charge is -2.08. The van der Waals surface area contributed by atoms with Gasteiger partial charge in [-0.15, -0.1) is 0 Å². The number of hydrogen-bond acceptors (Lipinski definition) is 3. The number of esters is 1. The van der Waals surface area contributed by atoms with Crippen molar-refractivity contribution in [1.29, 1.82) is 0 Å². The highest BCUT2D eigenvalue weighted by Crippen LogP contribution is 2.11. The third-order valence-electron chi connectivity index (χ3n) is 2.14. The molecule has 0 unspecified atom stereocenters. The van der Waals surface area contributed by atoms with Gasteiger partial charge in [0.25, 0.3) is 0 Å². The SMILES string of the molecule is CCOCc1ccccc1CC(=O)OC. The molecule has 1 aromatic rings. The lowest BCUT2D eigenvalue weighted by Crippen LogP contribution is -2.07. The maximum Gasteiger partial charge on any atom is 0.309 e. The molecule has 0 atom stereocenters. The van der Waals surface area contributed by atoms with Crippen LogP contribution in [0.4, 0.5) is 0 Å². The van der Waals surface area contributed by atoms with Gasteiger partial charge in [0, 0.05) is 6.61 Å². The highest BCUT2D eigenvalue weighted by Gasteiger charge is 2.07. The zero-order chi connectivity index (χ0) is 11.1. The Morgan fingerprint density at radius 2 is 1.93 bits per heavy atom. The predicted molar refractivity (Wildman–Crippen MR) is 57.5 cm³/mol. The Hall–Kier alpha value is -1.35. The van der Waals surface area contributed by atoms with Crippen LogP contribution in [0.2, 0.25) is 0 Å². The van der Waals surface area contributed by atoms with Gasteiger partial charge in [0.2, 0.25) is 0 Å². The standard InChI is InChI=1S/C12H16O3/c1-3-15-9-11-7-5-4-6-10(11)8-12(13)14-2/h4-7H,3,8-9H2,1-2H3. The van der Waals surface area contributed by atoms with Crippen LogP contribution in [-0.4, -0.2) is 19.7 Å². The van der Waals surface area contributed by atoms with Crippen LogP contribution in [0, 0.1) is 0 Å². The van der Waals surface area contributed by atoms with E-state index in [0.29, 0.717) is 19.6 Å². The van der Waals surface area contributed by atoms with Crippen molar-refractivity contribution in [3.05, 3.63) is 35.4 Å². The number of ether oxygens (including phenoxy) is 2. The van der Waals surface area contributed by atoms with E-state index in [0.717, 1.165) is 11.1 Å². The summed E-state index contributed by atoms with van der Waals surface area (Å²) in [5, 5.41) is 0. The van der Waals surface area contributed by atoms with Crippen LogP contribution in [0.15, 0.2) is 24.3 Å². The lowest BCUT2D eigenvalue weighted by molar-refractivity contribution is -0.139. The fraction of sp³-hybridized carbons (Fsp3) is 0.417. The van der Waals surface area contributed by atoms with E-state index < -0.39 is 0 Å². The molecular weight excluding hydrogens is 192 g/mol. The van der Waals surface area contributed by atoms with Crippen molar-refractivity contribution in [3.8, 4) is 0 Å². The summed E-state index contributed by atoms with van der Waals surface area (Å²) in [6.45, 7) is 3.17. The molecule has 0 bridgehead atoms. The van der Waals surface area contributed by atoms with Gasteiger partial charge in [-0.25, -0.2) is 0 Å². The average molecular weight is 208 g/mol. The smallest absolute Gasteiger partial charge is 0.309 e. The summed E-state index contributed by atoms with van der Waals surface area (Å²) < 4.78 is 9.96. The molecule has 1 rings (SSSR count). The van der Waals surface area contributed by atoms with E-state index in [9.17, 15) is 4.79 Å². The van der Waals surface area contributed by atoms with Gasteiger partial charge in [-0.05, 0) is 18.1 Å². The molecule has 0 saturated heterocycles. The molecule has 0 spiro atoms. The fourth-order valence-electron chi connectivity index (χ4n) is 1.31. The minimum atomic E-state index is -0.223. The van der Waals surface area contributed by atoms with E-state index in [1.807, 2.05) is 31.2 Å². The van der Waals surface area contributed by atoms with Gasteiger partial charge < -0.3 is 9.47 Å². The largest absolute Gasteiger partial charge is 0.469 e. The number of rotatable bonds is 5. The minimum absolute atomic E-state index is 0.223. The molecule has 3 heteroatoms. The second-order valence-corrected chi connectivity index (χ2v) is 3.16. The Morgan fingerprint density at radius 1 is 1.27 bits per heavy atom. The maximum atomic E-state index is 11.1. The fourth-order valence-corrected chi connectivity index (χ4v) is 1.31. The van der Waals surface area contributed by atoms with Crippen LogP contribution in [0.3, 0.4) is 0 Å². The van der Waals surface area contributed by atoms with Gasteiger partial charge in [-0.1, -0.05) is 24.3 Å². The molecule has 0 radical (unpaired) electrons. The van der Waals surface area contributed by atoms with Crippen molar-refractivity contribution in [2.75, 3.05) is 13.7 Å². The second-order valence-electron chi connectivity index (χ2n) is 3.16. The Kier molecular flexibility index (Phi) is 4.84. The molecule has 0 amide bonds. The van der Waals surface area contributed by atoms with E-state index in [1.165, 1.54) is 7.11 Å². The zero-order valence-corrected chi connectivity index (χ0v) is 9.16. The molecule has 0 aliphatic carbocycles. The molecule has 1 aromatic carbocycles. The van der Waals surface area contributed by atoms with Crippen molar-refractivity contribution >= 4 is 5.97 Å². The van der Waals surface area contributed by atoms with Gasteiger partial charge in [0.1, 0.15) is 0 Å². The van der Waals surface area contributed by atoms with E-state index in [-0.39, 0.29) is 5.97 Å². The minimum Gasteiger partial charge on any atom is -0.469 e. The highest BCUT2D eigenvalue weighted by molar-refractivity contribution is 5.72. The van der Waals surface area contributed by atoms with Crippen LogP contribution >= 0.6 is 0 Å². The van der Waals surface area contributed by atoms with Gasteiger partial charge in [-0.3, -0.25) is 4.79 Å². The number of carbonyl (C=O) groups is 1. The number of carbonyl (C=O) groups excluding carboxylic acids is 1. The number of benzene rings is 1. The zero-order valence-electron chi connectivity index (χ0n) is 9.16. The third kappa shape index (κ3) is 3.72. The van der Waals surface area contributed by atoms with Crippen molar-refractivity contribution in [1.82, 2.24) is 0 Å². The topological polar surface area (TPSA) is 35.5 Å². The summed E-state index contributed by atoms with van der Waals surface area (Å²) in [6.07, 6.45) is 0.305. The molecule has 0 aromatic heterocycles. The van der Waals surface area contributed by atoms with Crippen LogP contribution in [0.5, 0.6) is 0 Å². The molecule has 0 fully saturated rings. The quantitative estimate of drug-likeness (QED) is 0.694. The normalized spacial score (nSPS) is 10.0. The molecule has 3 nitrogen and oxygen atoms in total. The second kappa shape index (κ2) is 6.19. The van der Waals surface area contributed by atoms with Gasteiger partial charge in [0.05, 0.1) is 20.1 Å². The summed E-state index contributed by atoms with van der Waals surface area (Å²) in [5.74, 6) is -0.223. The summed E-state index contributed by atoms with van der Waals surface area (Å²) in [5.41, 5.74) is 2.02. The van der Waals surface area contributed by atoms with Crippen molar-refractivity contribution < 1.29 is 14.3 Å². The predicted octanol–water partition coefficient (Wildman–Crippen LogP) is 1.94. The van der Waals surface area contributed by atoms with E-state index in [1.54, 1.807) is 0 Å². The van der Waals surface area contributed by atoms with Gasteiger partial charge in [0.15, 0.2) is 0 Å². The first-order valence-electron chi connectivity index (χ1n) is 4.99. The maximum absolute atomic E-state index is 11.1. The first kappa shape index (κ1) is 11.7. The van der Waals surface area contributed by atoms with Gasteiger partial charge in [-0.2, -0.15) is 0 Å². The number of methoxy groups -OCH3 is 1. The van der Waals surface area contributed by atoms with Crippen LogP contribution in [0.1, 0.15) is 18.1 Å². The van der Waals surface area contributed by atoms with E-state index in [4.69, 9.17) is 4.74 Å². The van der Waals surface area contributed by atoms with Crippen LogP contribution in [0.25, 0.3) is 0 Å². The van der Waals surface area contributed by atoms with E-state index in [2.05, 4.69) is 4.74 Å². The van der Waals surface area contributed by atoms with E-state index >= 15 is 0 Å². The molecule has 15 heavy (non-hydrogen) atoms. The highest BCUT2D eigenvalue weighted by atomic mass is 16.5. The number of hydrogen-bond donors (Lipinski definition) is 0. The Balaban J connectivity index is 2.72. The van der Waals surface area contributed by atoms with Gasteiger partial charge >= 0.3 is 5.97 Å².